The second kappa shape index (κ2) is 7.72. The summed E-state index contributed by atoms with van der Waals surface area (Å²) in [4.78, 5) is 0.468. The predicted octanol–water partition coefficient (Wildman–Crippen LogP) is 5.37. The van der Waals surface area contributed by atoms with Crippen LogP contribution in [0.4, 0.5) is 4.39 Å². The minimum Gasteiger partial charge on any atom is -0.249 e. The van der Waals surface area contributed by atoms with E-state index in [1.165, 1.54) is 18.6 Å². The van der Waals surface area contributed by atoms with E-state index in [0.29, 0.717) is 16.9 Å². The third-order valence-corrected chi connectivity index (χ3v) is 7.07. The lowest BCUT2D eigenvalue weighted by atomic mass is 9.91. The summed E-state index contributed by atoms with van der Waals surface area (Å²) in [5.74, 6) is -0.767. The van der Waals surface area contributed by atoms with Gasteiger partial charge in [0.25, 0.3) is 0 Å². The van der Waals surface area contributed by atoms with E-state index in [4.69, 9.17) is 9.56 Å². The van der Waals surface area contributed by atoms with Crippen LogP contribution in [0.2, 0.25) is 0 Å². The normalized spacial score (nSPS) is 17.3. The molecular weight excluding hydrogens is 383 g/mol. The van der Waals surface area contributed by atoms with Crippen molar-refractivity contribution in [2.45, 2.75) is 48.8 Å². The number of rotatable bonds is 6. The molecule has 0 amide bonds. The van der Waals surface area contributed by atoms with Crippen molar-refractivity contribution >= 4 is 19.5 Å². The Kier molecular flexibility index (Phi) is 6.16. The number of benzene rings is 2. The van der Waals surface area contributed by atoms with Gasteiger partial charge in [0, 0.05) is 12.5 Å². The van der Waals surface area contributed by atoms with Crippen molar-refractivity contribution in [2.24, 2.45) is 0 Å². The highest BCUT2D eigenvalue weighted by Gasteiger charge is 2.23. The highest BCUT2D eigenvalue weighted by Crippen LogP contribution is 2.33. The Hall–Kier alpha value is -1.73. The van der Waals surface area contributed by atoms with E-state index in [-0.39, 0.29) is 16.7 Å². The SMILES string of the molecule is CC(C)c1cccc(CC(C)c2cccc(F)c2S(C)(=N)=O)c1[S@@](C)(=N)=O. The maximum atomic E-state index is 14.3. The van der Waals surface area contributed by atoms with Crippen LogP contribution in [0, 0.1) is 15.4 Å². The topological polar surface area (TPSA) is 81.8 Å². The van der Waals surface area contributed by atoms with Gasteiger partial charge in [-0.3, -0.25) is 0 Å². The molecule has 27 heavy (non-hydrogen) atoms. The lowest BCUT2D eigenvalue weighted by molar-refractivity contribution is 0.580. The molecule has 0 spiro atoms. The first-order valence-corrected chi connectivity index (χ1v) is 12.6. The van der Waals surface area contributed by atoms with Gasteiger partial charge in [-0.15, -0.1) is 0 Å². The first-order valence-electron chi connectivity index (χ1n) is 8.71. The number of hydrogen-bond acceptors (Lipinski definition) is 4. The van der Waals surface area contributed by atoms with E-state index >= 15 is 0 Å². The molecule has 7 heteroatoms. The van der Waals surface area contributed by atoms with E-state index in [9.17, 15) is 12.8 Å². The van der Waals surface area contributed by atoms with Gasteiger partial charge in [-0.2, -0.15) is 0 Å². The van der Waals surface area contributed by atoms with E-state index in [2.05, 4.69) is 0 Å². The molecule has 0 heterocycles. The van der Waals surface area contributed by atoms with Crippen molar-refractivity contribution in [3.8, 4) is 0 Å². The van der Waals surface area contributed by atoms with Crippen LogP contribution in [0.25, 0.3) is 0 Å². The molecule has 4 nitrogen and oxygen atoms in total. The van der Waals surface area contributed by atoms with Crippen LogP contribution in [-0.4, -0.2) is 20.9 Å². The van der Waals surface area contributed by atoms with Gasteiger partial charge in [0.1, 0.15) is 5.82 Å². The second-order valence-corrected chi connectivity index (χ2v) is 11.6. The van der Waals surface area contributed by atoms with Gasteiger partial charge in [-0.25, -0.2) is 22.4 Å². The van der Waals surface area contributed by atoms with Gasteiger partial charge in [-0.1, -0.05) is 51.1 Å². The fourth-order valence-corrected chi connectivity index (χ4v) is 6.02. The lowest BCUT2D eigenvalue weighted by Crippen LogP contribution is -2.12. The number of nitrogens with one attached hydrogen (secondary N) is 2. The number of hydrogen-bond donors (Lipinski definition) is 2. The van der Waals surface area contributed by atoms with E-state index in [1.807, 2.05) is 39.0 Å². The van der Waals surface area contributed by atoms with Crippen LogP contribution < -0.4 is 0 Å². The Bertz CT molecular complexity index is 1060. The molecule has 0 radical (unpaired) electrons. The van der Waals surface area contributed by atoms with Crippen LogP contribution in [0.15, 0.2) is 46.2 Å². The molecule has 3 atom stereocenters. The maximum Gasteiger partial charge on any atom is 0.140 e. The number of halogens is 1. The molecule has 0 saturated heterocycles. The van der Waals surface area contributed by atoms with E-state index < -0.39 is 25.3 Å². The smallest absolute Gasteiger partial charge is 0.140 e. The van der Waals surface area contributed by atoms with E-state index in [1.54, 1.807) is 12.1 Å². The van der Waals surface area contributed by atoms with Crippen LogP contribution in [0.5, 0.6) is 0 Å². The fraction of sp³-hybridized carbons (Fsp3) is 0.400. The zero-order valence-electron chi connectivity index (χ0n) is 16.3. The summed E-state index contributed by atoms with van der Waals surface area (Å²) in [7, 11) is -6.18. The van der Waals surface area contributed by atoms with Gasteiger partial charge >= 0.3 is 0 Å². The predicted molar refractivity (Wildman–Crippen MR) is 109 cm³/mol. The molecule has 2 aromatic rings. The summed E-state index contributed by atoms with van der Waals surface area (Å²) in [6, 6.07) is 10.1. The summed E-state index contributed by atoms with van der Waals surface area (Å²) >= 11 is 0. The standard InChI is InChI=1S/C20H27FN2O2S2/c1-13(2)16-9-6-8-15(19(16)26(4,22)24)12-14(3)17-10-7-11-18(21)20(17)27(5,23)25/h6-11,13-14,22-23H,12H2,1-5H3/t14?,26-,27?/m0/s1. The quantitative estimate of drug-likeness (QED) is 0.671. The summed E-state index contributed by atoms with van der Waals surface area (Å²) < 4.78 is 55.3. The Labute approximate surface area is 162 Å². The highest BCUT2D eigenvalue weighted by atomic mass is 32.2. The Morgan fingerprint density at radius 1 is 0.889 bits per heavy atom. The third kappa shape index (κ3) is 4.76. The average Bonchev–Trinajstić information content (AvgIpc) is 2.52. The molecule has 148 valence electrons. The van der Waals surface area contributed by atoms with Crippen molar-refractivity contribution in [3.05, 3.63) is 58.9 Å². The Balaban J connectivity index is 2.61. The largest absolute Gasteiger partial charge is 0.249 e. The summed E-state index contributed by atoms with van der Waals surface area (Å²) in [6.07, 6.45) is 3.05. The van der Waals surface area contributed by atoms with Crippen LogP contribution in [0.1, 0.15) is 49.3 Å². The molecule has 0 aliphatic carbocycles. The first-order chi connectivity index (χ1) is 12.3. The molecular formula is C20H27FN2O2S2. The summed E-state index contributed by atoms with van der Waals surface area (Å²) in [6.45, 7) is 5.86. The van der Waals surface area contributed by atoms with E-state index in [0.717, 1.165) is 11.1 Å². The minimum atomic E-state index is -3.23. The molecule has 0 aliphatic rings. The van der Waals surface area contributed by atoms with Crippen molar-refractivity contribution in [3.63, 3.8) is 0 Å². The molecule has 0 saturated carbocycles. The van der Waals surface area contributed by atoms with Gasteiger partial charge in [0.05, 0.1) is 29.2 Å². The first kappa shape index (κ1) is 21.6. The van der Waals surface area contributed by atoms with Crippen molar-refractivity contribution in [2.75, 3.05) is 12.5 Å². The zero-order valence-corrected chi connectivity index (χ0v) is 18.0. The van der Waals surface area contributed by atoms with Gasteiger partial charge < -0.3 is 0 Å². The van der Waals surface area contributed by atoms with Crippen molar-refractivity contribution in [1.29, 1.82) is 9.56 Å². The Morgan fingerprint density at radius 3 is 1.93 bits per heavy atom. The van der Waals surface area contributed by atoms with Crippen LogP contribution in [-0.2, 0) is 25.9 Å². The fourth-order valence-electron chi connectivity index (χ4n) is 3.46. The molecule has 0 fully saturated rings. The van der Waals surface area contributed by atoms with Gasteiger partial charge in [0.15, 0.2) is 0 Å². The maximum absolute atomic E-state index is 14.3. The zero-order chi connectivity index (χ0) is 20.6. The average molecular weight is 411 g/mol. The highest BCUT2D eigenvalue weighted by molar-refractivity contribution is 7.92. The molecule has 2 rings (SSSR count). The lowest BCUT2D eigenvalue weighted by Gasteiger charge is -2.21. The minimum absolute atomic E-state index is 0.0674. The molecule has 0 aromatic heterocycles. The molecule has 2 unspecified atom stereocenters. The van der Waals surface area contributed by atoms with Gasteiger partial charge in [-0.05, 0) is 41.0 Å². The second-order valence-electron chi connectivity index (χ2n) is 7.44. The van der Waals surface area contributed by atoms with Crippen molar-refractivity contribution in [1.82, 2.24) is 0 Å². The summed E-state index contributed by atoms with van der Waals surface area (Å²) in [5, 5.41) is 0. The summed E-state index contributed by atoms with van der Waals surface area (Å²) in [5.41, 5.74) is 2.17. The monoisotopic (exact) mass is 410 g/mol. The van der Waals surface area contributed by atoms with Crippen LogP contribution >= 0.6 is 0 Å². The third-order valence-electron chi connectivity index (χ3n) is 4.58. The van der Waals surface area contributed by atoms with Crippen molar-refractivity contribution < 1.29 is 12.8 Å². The molecule has 0 bridgehead atoms. The van der Waals surface area contributed by atoms with Crippen LogP contribution in [0.3, 0.4) is 0 Å². The molecule has 2 aromatic carbocycles. The van der Waals surface area contributed by atoms with Gasteiger partial charge in [0.2, 0.25) is 0 Å². The molecule has 0 aliphatic heterocycles. The Morgan fingerprint density at radius 2 is 1.41 bits per heavy atom. The molecule has 2 N–H and O–H groups in total.